The molecule has 0 fully saturated rings. The van der Waals surface area contributed by atoms with E-state index in [1.165, 1.54) is 11.3 Å². The van der Waals surface area contributed by atoms with Crippen molar-refractivity contribution < 1.29 is 14.6 Å². The van der Waals surface area contributed by atoms with Gasteiger partial charge in [-0.05, 0) is 43.5 Å². The quantitative estimate of drug-likeness (QED) is 0.938. The Morgan fingerprint density at radius 2 is 2.05 bits per heavy atom. The van der Waals surface area contributed by atoms with Crippen molar-refractivity contribution in [2.45, 2.75) is 27.2 Å². The minimum Gasteiger partial charge on any atom is -0.496 e. The van der Waals surface area contributed by atoms with Crippen LogP contribution in [0.2, 0.25) is 0 Å². The molecule has 106 valence electrons. The molecule has 20 heavy (non-hydrogen) atoms. The minimum atomic E-state index is -0.857. The Bertz CT molecular complexity index is 661. The zero-order valence-corrected chi connectivity index (χ0v) is 12.8. The summed E-state index contributed by atoms with van der Waals surface area (Å²) in [6.07, 6.45) is -0.0299. The largest absolute Gasteiger partial charge is 0.496 e. The third kappa shape index (κ3) is 2.67. The first-order valence-electron chi connectivity index (χ1n) is 6.25. The van der Waals surface area contributed by atoms with Crippen molar-refractivity contribution in [1.82, 2.24) is 4.98 Å². The summed E-state index contributed by atoms with van der Waals surface area (Å²) in [6.45, 7) is 6.05. The van der Waals surface area contributed by atoms with E-state index in [-0.39, 0.29) is 6.42 Å². The average molecular weight is 291 g/mol. The summed E-state index contributed by atoms with van der Waals surface area (Å²) in [6, 6.07) is 2.04. The number of benzene rings is 1. The Morgan fingerprint density at radius 3 is 2.65 bits per heavy atom. The Morgan fingerprint density at radius 1 is 1.35 bits per heavy atom. The van der Waals surface area contributed by atoms with Gasteiger partial charge in [0.1, 0.15) is 10.8 Å². The molecule has 0 saturated carbocycles. The van der Waals surface area contributed by atoms with Gasteiger partial charge in [-0.15, -0.1) is 11.3 Å². The molecule has 1 heterocycles. The number of carboxylic acid groups (broad SMARTS) is 1. The molecule has 2 aromatic rings. The molecule has 0 amide bonds. The molecule has 0 saturated heterocycles. The standard InChI is InChI=1S/C15H17NO3S/c1-8-5-11(9(2)10(3)15(8)19-4)12-7-20-13(16-12)6-14(17)18/h5,7H,6H2,1-4H3,(H,17,18). The number of aliphatic carboxylic acids is 1. The van der Waals surface area contributed by atoms with Crippen molar-refractivity contribution in [3.05, 3.63) is 33.1 Å². The lowest BCUT2D eigenvalue weighted by Crippen LogP contribution is -2.00. The van der Waals surface area contributed by atoms with E-state index in [4.69, 9.17) is 9.84 Å². The minimum absolute atomic E-state index is 0.0299. The van der Waals surface area contributed by atoms with Crippen LogP contribution in [0.15, 0.2) is 11.4 Å². The molecule has 0 radical (unpaired) electrons. The van der Waals surface area contributed by atoms with Gasteiger partial charge >= 0.3 is 5.97 Å². The number of thiazole rings is 1. The molecule has 5 heteroatoms. The van der Waals surface area contributed by atoms with Crippen molar-refractivity contribution in [2.24, 2.45) is 0 Å². The molecular formula is C15H17NO3S. The van der Waals surface area contributed by atoms with Gasteiger partial charge < -0.3 is 9.84 Å². The van der Waals surface area contributed by atoms with E-state index in [0.29, 0.717) is 5.01 Å². The number of hydrogen-bond acceptors (Lipinski definition) is 4. The summed E-state index contributed by atoms with van der Waals surface area (Å²) in [4.78, 5) is 15.1. The zero-order valence-electron chi connectivity index (χ0n) is 12.0. The van der Waals surface area contributed by atoms with Crippen LogP contribution < -0.4 is 4.74 Å². The Hall–Kier alpha value is -1.88. The normalized spacial score (nSPS) is 10.6. The molecule has 0 bridgehead atoms. The van der Waals surface area contributed by atoms with Crippen LogP contribution in [0.1, 0.15) is 21.7 Å². The van der Waals surface area contributed by atoms with Crippen molar-refractivity contribution in [2.75, 3.05) is 7.11 Å². The highest BCUT2D eigenvalue weighted by molar-refractivity contribution is 7.10. The predicted molar refractivity (Wildman–Crippen MR) is 79.7 cm³/mol. The molecule has 0 aliphatic rings. The van der Waals surface area contributed by atoms with Crippen LogP contribution in [0.3, 0.4) is 0 Å². The molecule has 1 N–H and O–H groups in total. The number of aromatic nitrogens is 1. The number of carboxylic acids is 1. The summed E-state index contributed by atoms with van der Waals surface area (Å²) in [5, 5.41) is 11.3. The first kappa shape index (κ1) is 14.5. The third-order valence-corrected chi connectivity index (χ3v) is 4.21. The van der Waals surface area contributed by atoms with Gasteiger partial charge in [-0.2, -0.15) is 0 Å². The van der Waals surface area contributed by atoms with Gasteiger partial charge in [0.05, 0.1) is 19.2 Å². The lowest BCUT2D eigenvalue weighted by atomic mass is 9.97. The SMILES string of the molecule is COc1c(C)cc(-c2csc(CC(=O)O)n2)c(C)c1C. The van der Waals surface area contributed by atoms with Gasteiger partial charge in [-0.25, -0.2) is 4.98 Å². The van der Waals surface area contributed by atoms with Crippen molar-refractivity contribution in [3.8, 4) is 17.0 Å². The molecular weight excluding hydrogens is 274 g/mol. The summed E-state index contributed by atoms with van der Waals surface area (Å²) in [7, 11) is 1.67. The van der Waals surface area contributed by atoms with Gasteiger partial charge in [0, 0.05) is 10.9 Å². The summed E-state index contributed by atoms with van der Waals surface area (Å²) in [5.74, 6) is 0.0388. The highest BCUT2D eigenvalue weighted by Gasteiger charge is 2.15. The molecule has 1 aromatic carbocycles. The maximum atomic E-state index is 10.7. The first-order valence-corrected chi connectivity index (χ1v) is 7.13. The van der Waals surface area contributed by atoms with Crippen molar-refractivity contribution >= 4 is 17.3 Å². The van der Waals surface area contributed by atoms with Crippen LogP contribution in [-0.2, 0) is 11.2 Å². The van der Waals surface area contributed by atoms with E-state index in [2.05, 4.69) is 4.98 Å². The lowest BCUT2D eigenvalue weighted by molar-refractivity contribution is -0.136. The third-order valence-electron chi connectivity index (χ3n) is 3.36. The molecule has 4 nitrogen and oxygen atoms in total. The van der Waals surface area contributed by atoms with E-state index in [1.54, 1.807) is 7.11 Å². The summed E-state index contributed by atoms with van der Waals surface area (Å²) >= 11 is 1.38. The average Bonchev–Trinajstić information content (AvgIpc) is 2.82. The Kier molecular flexibility index (Phi) is 4.09. The van der Waals surface area contributed by atoms with Crippen LogP contribution in [0.5, 0.6) is 5.75 Å². The van der Waals surface area contributed by atoms with E-state index in [9.17, 15) is 4.79 Å². The number of aryl methyl sites for hydroxylation is 1. The fourth-order valence-electron chi connectivity index (χ4n) is 2.28. The number of rotatable bonds is 4. The fraction of sp³-hybridized carbons (Fsp3) is 0.333. The van der Waals surface area contributed by atoms with E-state index in [1.807, 2.05) is 32.2 Å². The topological polar surface area (TPSA) is 59.4 Å². The predicted octanol–water partition coefficient (Wildman–Crippen LogP) is 3.37. The van der Waals surface area contributed by atoms with Gasteiger partial charge in [0.2, 0.25) is 0 Å². The molecule has 0 spiro atoms. The molecule has 1 aromatic heterocycles. The summed E-state index contributed by atoms with van der Waals surface area (Å²) < 4.78 is 5.41. The van der Waals surface area contributed by atoms with E-state index >= 15 is 0 Å². The summed E-state index contributed by atoms with van der Waals surface area (Å²) in [5.41, 5.74) is 5.12. The molecule has 0 unspecified atom stereocenters. The van der Waals surface area contributed by atoms with Gasteiger partial charge in [0.15, 0.2) is 0 Å². The van der Waals surface area contributed by atoms with Crippen molar-refractivity contribution in [1.29, 1.82) is 0 Å². The second-order valence-corrected chi connectivity index (χ2v) is 5.66. The second-order valence-electron chi connectivity index (χ2n) is 4.72. The number of nitrogens with zero attached hydrogens (tertiary/aromatic N) is 1. The molecule has 0 atom stereocenters. The lowest BCUT2D eigenvalue weighted by Gasteiger charge is -2.14. The van der Waals surface area contributed by atoms with Crippen LogP contribution in [-0.4, -0.2) is 23.2 Å². The van der Waals surface area contributed by atoms with Gasteiger partial charge in [-0.1, -0.05) is 0 Å². The monoisotopic (exact) mass is 291 g/mol. The van der Waals surface area contributed by atoms with Crippen molar-refractivity contribution in [3.63, 3.8) is 0 Å². The highest BCUT2D eigenvalue weighted by atomic mass is 32.1. The molecule has 0 aliphatic heterocycles. The number of methoxy groups -OCH3 is 1. The maximum absolute atomic E-state index is 10.7. The highest BCUT2D eigenvalue weighted by Crippen LogP contribution is 2.34. The number of ether oxygens (including phenoxy) is 1. The zero-order chi connectivity index (χ0) is 14.9. The van der Waals surface area contributed by atoms with Crippen LogP contribution in [0.4, 0.5) is 0 Å². The fourth-order valence-corrected chi connectivity index (χ4v) is 3.07. The molecule has 0 aliphatic carbocycles. The van der Waals surface area contributed by atoms with Gasteiger partial charge in [0.25, 0.3) is 0 Å². The van der Waals surface area contributed by atoms with E-state index in [0.717, 1.165) is 33.7 Å². The Balaban J connectivity index is 2.48. The van der Waals surface area contributed by atoms with Crippen LogP contribution in [0.25, 0.3) is 11.3 Å². The second kappa shape index (κ2) is 5.63. The Labute approximate surface area is 122 Å². The maximum Gasteiger partial charge on any atom is 0.310 e. The van der Waals surface area contributed by atoms with E-state index < -0.39 is 5.97 Å². The number of carbonyl (C=O) groups is 1. The smallest absolute Gasteiger partial charge is 0.310 e. The van der Waals surface area contributed by atoms with Crippen LogP contribution >= 0.6 is 11.3 Å². The van der Waals surface area contributed by atoms with Crippen LogP contribution in [0, 0.1) is 20.8 Å². The first-order chi connectivity index (χ1) is 9.43. The molecule has 2 rings (SSSR count). The van der Waals surface area contributed by atoms with Gasteiger partial charge in [-0.3, -0.25) is 4.79 Å². The number of hydrogen-bond donors (Lipinski definition) is 1.